The van der Waals surface area contributed by atoms with Crippen molar-refractivity contribution < 1.29 is 8.42 Å². The van der Waals surface area contributed by atoms with Crippen LogP contribution in [0.2, 0.25) is 0 Å². The molecule has 5 nitrogen and oxygen atoms in total. The third-order valence-corrected chi connectivity index (χ3v) is 4.00. The molecule has 0 radical (unpaired) electrons. The molecule has 6 heteroatoms. The normalized spacial score (nSPS) is 21.8. The van der Waals surface area contributed by atoms with E-state index in [0.29, 0.717) is 13.0 Å². The Bertz CT molecular complexity index is 487. The van der Waals surface area contributed by atoms with Gasteiger partial charge in [-0.2, -0.15) is 12.7 Å². The van der Waals surface area contributed by atoms with Crippen LogP contribution in [0.4, 0.5) is 0 Å². The Labute approximate surface area is 95.2 Å². The molecule has 0 aromatic heterocycles. The average molecular weight is 241 g/mol. The Morgan fingerprint density at radius 2 is 2.06 bits per heavy atom. The van der Waals surface area contributed by atoms with Gasteiger partial charge < -0.3 is 5.73 Å². The summed E-state index contributed by atoms with van der Waals surface area (Å²) in [6.07, 6.45) is 0.684. The zero-order valence-corrected chi connectivity index (χ0v) is 9.65. The predicted molar refractivity (Wildman–Crippen MR) is 61.8 cm³/mol. The van der Waals surface area contributed by atoms with E-state index in [1.165, 1.54) is 4.31 Å². The average Bonchev–Trinajstić information content (AvgIpc) is 2.26. The number of hydrogen-bond acceptors (Lipinski definition) is 3. The lowest BCUT2D eigenvalue weighted by atomic mass is 9.94. The fourth-order valence-electron chi connectivity index (χ4n) is 2.18. The van der Waals surface area contributed by atoms with Gasteiger partial charge in [-0.3, -0.25) is 0 Å². The predicted octanol–water partition coefficient (Wildman–Crippen LogP) is -0.252. The molecule has 2 rings (SSSR count). The van der Waals surface area contributed by atoms with Gasteiger partial charge >= 0.3 is 0 Å². The highest BCUT2D eigenvalue weighted by molar-refractivity contribution is 7.86. The quantitative estimate of drug-likeness (QED) is 0.748. The highest BCUT2D eigenvalue weighted by Crippen LogP contribution is 2.29. The molecule has 0 spiro atoms. The molecule has 88 valence electrons. The molecule has 1 heterocycles. The molecule has 1 aliphatic heterocycles. The van der Waals surface area contributed by atoms with E-state index in [1.807, 2.05) is 24.3 Å². The largest absolute Gasteiger partial charge is 0.329 e. The summed E-state index contributed by atoms with van der Waals surface area (Å²) in [5.41, 5.74) is 7.76. The minimum atomic E-state index is -3.68. The molecule has 0 aliphatic carbocycles. The first-order chi connectivity index (χ1) is 7.54. The van der Waals surface area contributed by atoms with Crippen LogP contribution in [-0.2, 0) is 16.6 Å². The Balaban J connectivity index is 2.45. The first-order valence-electron chi connectivity index (χ1n) is 5.11. The van der Waals surface area contributed by atoms with Gasteiger partial charge in [0.15, 0.2) is 0 Å². The van der Waals surface area contributed by atoms with Gasteiger partial charge in [-0.15, -0.1) is 0 Å². The molecule has 16 heavy (non-hydrogen) atoms. The lowest BCUT2D eigenvalue weighted by Gasteiger charge is -2.34. The molecule has 1 aliphatic rings. The first kappa shape index (κ1) is 11.5. The van der Waals surface area contributed by atoms with E-state index in [4.69, 9.17) is 10.9 Å². The van der Waals surface area contributed by atoms with Crippen molar-refractivity contribution in [3.05, 3.63) is 35.4 Å². The smallest absolute Gasteiger partial charge is 0.277 e. The molecule has 0 bridgehead atoms. The summed E-state index contributed by atoms with van der Waals surface area (Å²) in [5, 5.41) is 5.18. The number of fused-ring (bicyclic) bond motifs is 1. The standard InChI is InChI=1S/C10H15N3O2S/c11-7-10-9-4-2-1-3-8(9)5-6-13(10)16(12,14)15/h1-4,10H,5-7,11H2,(H2,12,14,15). The molecule has 0 fully saturated rings. The monoisotopic (exact) mass is 241 g/mol. The van der Waals surface area contributed by atoms with Crippen LogP contribution in [0.15, 0.2) is 24.3 Å². The van der Waals surface area contributed by atoms with Gasteiger partial charge in [0.05, 0.1) is 6.04 Å². The molecule has 1 unspecified atom stereocenters. The van der Waals surface area contributed by atoms with E-state index in [0.717, 1.165) is 11.1 Å². The topological polar surface area (TPSA) is 89.4 Å². The van der Waals surface area contributed by atoms with Crippen molar-refractivity contribution in [2.24, 2.45) is 10.9 Å². The number of rotatable bonds is 2. The lowest BCUT2D eigenvalue weighted by molar-refractivity contribution is 0.313. The Kier molecular flexibility index (Phi) is 2.98. The number of nitrogens with two attached hydrogens (primary N) is 2. The maximum Gasteiger partial charge on any atom is 0.277 e. The lowest BCUT2D eigenvalue weighted by Crippen LogP contribution is -2.46. The summed E-state index contributed by atoms with van der Waals surface area (Å²) >= 11 is 0. The molecule has 0 saturated heterocycles. The number of benzene rings is 1. The molecule has 4 N–H and O–H groups in total. The van der Waals surface area contributed by atoms with Crippen molar-refractivity contribution in [3.8, 4) is 0 Å². The first-order valence-corrected chi connectivity index (χ1v) is 6.62. The van der Waals surface area contributed by atoms with Crippen LogP contribution in [0, 0.1) is 0 Å². The Morgan fingerprint density at radius 3 is 2.69 bits per heavy atom. The summed E-state index contributed by atoms with van der Waals surface area (Å²) in [7, 11) is -3.68. The van der Waals surface area contributed by atoms with Crippen molar-refractivity contribution in [2.75, 3.05) is 13.1 Å². The number of nitrogens with zero attached hydrogens (tertiary/aromatic N) is 1. The second-order valence-electron chi connectivity index (χ2n) is 3.86. The Morgan fingerprint density at radius 1 is 1.38 bits per heavy atom. The Hall–Kier alpha value is -0.950. The summed E-state index contributed by atoms with van der Waals surface area (Å²) in [5.74, 6) is 0. The molecule has 1 aromatic carbocycles. The molecular formula is C10H15N3O2S. The van der Waals surface area contributed by atoms with Crippen molar-refractivity contribution in [1.29, 1.82) is 0 Å². The van der Waals surface area contributed by atoms with Crippen molar-refractivity contribution in [2.45, 2.75) is 12.5 Å². The third kappa shape index (κ3) is 1.97. The molecule has 1 aromatic rings. The van der Waals surface area contributed by atoms with Crippen LogP contribution in [0.3, 0.4) is 0 Å². The zero-order valence-electron chi connectivity index (χ0n) is 8.83. The van der Waals surface area contributed by atoms with Gasteiger partial charge in [0, 0.05) is 13.1 Å². The van der Waals surface area contributed by atoms with Gasteiger partial charge in [-0.25, -0.2) is 5.14 Å². The van der Waals surface area contributed by atoms with E-state index in [1.54, 1.807) is 0 Å². The molecule has 0 amide bonds. The van der Waals surface area contributed by atoms with Crippen LogP contribution in [0.25, 0.3) is 0 Å². The summed E-state index contributed by atoms with van der Waals surface area (Å²) in [6.45, 7) is 0.644. The molecular weight excluding hydrogens is 226 g/mol. The van der Waals surface area contributed by atoms with Crippen molar-refractivity contribution >= 4 is 10.2 Å². The molecule has 1 atom stereocenters. The highest BCUT2D eigenvalue weighted by Gasteiger charge is 2.32. The van der Waals surface area contributed by atoms with E-state index in [-0.39, 0.29) is 12.6 Å². The van der Waals surface area contributed by atoms with E-state index < -0.39 is 10.2 Å². The highest BCUT2D eigenvalue weighted by atomic mass is 32.2. The van der Waals surface area contributed by atoms with Crippen LogP contribution in [0.1, 0.15) is 17.2 Å². The van der Waals surface area contributed by atoms with Gasteiger partial charge in [-0.05, 0) is 17.5 Å². The van der Waals surface area contributed by atoms with E-state index >= 15 is 0 Å². The van der Waals surface area contributed by atoms with Gasteiger partial charge in [0.2, 0.25) is 0 Å². The van der Waals surface area contributed by atoms with Crippen LogP contribution in [0.5, 0.6) is 0 Å². The minimum Gasteiger partial charge on any atom is -0.329 e. The van der Waals surface area contributed by atoms with Crippen LogP contribution in [-0.4, -0.2) is 25.8 Å². The SMILES string of the molecule is NCC1c2ccccc2CCN1S(N)(=O)=O. The molecule has 0 saturated carbocycles. The third-order valence-electron chi connectivity index (χ3n) is 2.91. The summed E-state index contributed by atoms with van der Waals surface area (Å²) in [6, 6.07) is 7.40. The van der Waals surface area contributed by atoms with E-state index in [2.05, 4.69) is 0 Å². The second-order valence-corrected chi connectivity index (χ2v) is 5.35. The van der Waals surface area contributed by atoms with Crippen LogP contribution < -0.4 is 10.9 Å². The maximum atomic E-state index is 11.4. The van der Waals surface area contributed by atoms with Crippen molar-refractivity contribution in [3.63, 3.8) is 0 Å². The minimum absolute atomic E-state index is 0.243. The zero-order chi connectivity index (χ0) is 11.8. The second kappa shape index (κ2) is 4.14. The van der Waals surface area contributed by atoms with Crippen LogP contribution >= 0.6 is 0 Å². The van der Waals surface area contributed by atoms with Crippen molar-refractivity contribution in [1.82, 2.24) is 4.31 Å². The van der Waals surface area contributed by atoms with Gasteiger partial charge in [-0.1, -0.05) is 24.3 Å². The van der Waals surface area contributed by atoms with Gasteiger partial charge in [0.1, 0.15) is 0 Å². The van der Waals surface area contributed by atoms with E-state index in [9.17, 15) is 8.42 Å². The summed E-state index contributed by atoms with van der Waals surface area (Å²) in [4.78, 5) is 0. The number of hydrogen-bond donors (Lipinski definition) is 2. The maximum absolute atomic E-state index is 11.4. The van der Waals surface area contributed by atoms with Gasteiger partial charge in [0.25, 0.3) is 10.2 Å². The summed E-state index contributed by atoms with van der Waals surface area (Å²) < 4.78 is 24.1. The fourth-order valence-corrected chi connectivity index (χ4v) is 3.08. The fraction of sp³-hybridized carbons (Fsp3) is 0.400.